The highest BCUT2D eigenvalue weighted by Gasteiger charge is 2.07. The Morgan fingerprint density at radius 2 is 2.15 bits per heavy atom. The summed E-state index contributed by atoms with van der Waals surface area (Å²) in [5.74, 6) is -0.628. The molecule has 0 saturated carbocycles. The van der Waals surface area contributed by atoms with Gasteiger partial charge in [-0.1, -0.05) is 6.92 Å². The SMILES string of the molecule is CNC(=O)c1cc(NCCC(C)CCC(=O)O)ccn1. The summed E-state index contributed by atoms with van der Waals surface area (Å²) >= 11 is 0. The van der Waals surface area contributed by atoms with Crippen LogP contribution < -0.4 is 10.6 Å². The number of aliphatic carboxylic acids is 1. The fraction of sp³-hybridized carbons (Fsp3) is 0.500. The van der Waals surface area contributed by atoms with Crippen LogP contribution in [0.25, 0.3) is 0 Å². The van der Waals surface area contributed by atoms with Crippen molar-refractivity contribution >= 4 is 17.6 Å². The van der Waals surface area contributed by atoms with Crippen molar-refractivity contribution in [3.63, 3.8) is 0 Å². The molecule has 1 atom stereocenters. The zero-order valence-corrected chi connectivity index (χ0v) is 11.8. The molecule has 0 bridgehead atoms. The number of pyridine rings is 1. The molecule has 0 fully saturated rings. The Morgan fingerprint density at radius 3 is 2.80 bits per heavy atom. The van der Waals surface area contributed by atoms with E-state index >= 15 is 0 Å². The van der Waals surface area contributed by atoms with Gasteiger partial charge in [-0.2, -0.15) is 0 Å². The molecule has 0 aliphatic carbocycles. The molecular formula is C14H21N3O3. The predicted molar refractivity (Wildman–Crippen MR) is 76.8 cm³/mol. The van der Waals surface area contributed by atoms with Crippen molar-refractivity contribution < 1.29 is 14.7 Å². The summed E-state index contributed by atoms with van der Waals surface area (Å²) < 4.78 is 0. The second-order valence-corrected chi connectivity index (χ2v) is 4.76. The van der Waals surface area contributed by atoms with Crippen molar-refractivity contribution in [1.82, 2.24) is 10.3 Å². The standard InChI is InChI=1S/C14H21N3O3/c1-10(3-4-13(18)19)5-7-16-11-6-8-17-12(9-11)14(20)15-2/h6,8-10H,3-5,7H2,1-2H3,(H,15,20)(H,16,17)(H,18,19). The second kappa shape index (κ2) is 8.14. The van der Waals surface area contributed by atoms with Gasteiger partial charge in [0.05, 0.1) is 0 Å². The minimum Gasteiger partial charge on any atom is -0.481 e. The molecule has 1 amide bonds. The summed E-state index contributed by atoms with van der Waals surface area (Å²) in [7, 11) is 1.56. The first kappa shape index (κ1) is 15.9. The van der Waals surface area contributed by atoms with Crippen LogP contribution in [-0.2, 0) is 4.79 Å². The molecule has 1 aromatic rings. The molecule has 0 saturated heterocycles. The molecule has 0 radical (unpaired) electrons. The predicted octanol–water partition coefficient (Wildman–Crippen LogP) is 1.74. The van der Waals surface area contributed by atoms with Crippen molar-refractivity contribution in [2.75, 3.05) is 18.9 Å². The van der Waals surface area contributed by atoms with Gasteiger partial charge in [0.15, 0.2) is 0 Å². The minimum atomic E-state index is -0.755. The lowest BCUT2D eigenvalue weighted by atomic mass is 10.0. The van der Waals surface area contributed by atoms with Gasteiger partial charge in [-0.3, -0.25) is 14.6 Å². The van der Waals surface area contributed by atoms with Gasteiger partial charge in [0.1, 0.15) is 5.69 Å². The molecule has 1 aromatic heterocycles. The molecule has 6 nitrogen and oxygen atoms in total. The van der Waals surface area contributed by atoms with Crippen molar-refractivity contribution in [2.24, 2.45) is 5.92 Å². The lowest BCUT2D eigenvalue weighted by molar-refractivity contribution is -0.137. The number of carboxylic acids is 1. The molecule has 0 aliphatic rings. The molecular weight excluding hydrogens is 258 g/mol. The molecule has 0 aromatic carbocycles. The average molecular weight is 279 g/mol. The molecule has 0 aliphatic heterocycles. The minimum absolute atomic E-state index is 0.206. The maximum atomic E-state index is 11.4. The van der Waals surface area contributed by atoms with Gasteiger partial charge >= 0.3 is 5.97 Å². The first-order valence-electron chi connectivity index (χ1n) is 6.66. The fourth-order valence-electron chi connectivity index (χ4n) is 1.77. The van der Waals surface area contributed by atoms with Gasteiger partial charge in [0.2, 0.25) is 0 Å². The summed E-state index contributed by atoms with van der Waals surface area (Å²) in [6, 6.07) is 3.50. The van der Waals surface area contributed by atoms with Crippen LogP contribution >= 0.6 is 0 Å². The van der Waals surface area contributed by atoms with Crippen LogP contribution in [0.5, 0.6) is 0 Å². The van der Waals surface area contributed by atoms with Crippen molar-refractivity contribution in [3.05, 3.63) is 24.0 Å². The summed E-state index contributed by atoms with van der Waals surface area (Å²) in [4.78, 5) is 25.9. The number of carboxylic acid groups (broad SMARTS) is 1. The number of nitrogens with one attached hydrogen (secondary N) is 2. The summed E-state index contributed by atoms with van der Waals surface area (Å²) in [5, 5.41) is 14.4. The van der Waals surface area contributed by atoms with E-state index in [9.17, 15) is 9.59 Å². The van der Waals surface area contributed by atoms with Crippen molar-refractivity contribution in [1.29, 1.82) is 0 Å². The zero-order chi connectivity index (χ0) is 15.0. The van der Waals surface area contributed by atoms with Gasteiger partial charge in [-0.25, -0.2) is 0 Å². The second-order valence-electron chi connectivity index (χ2n) is 4.76. The zero-order valence-electron chi connectivity index (χ0n) is 11.8. The van der Waals surface area contributed by atoms with E-state index in [4.69, 9.17) is 5.11 Å². The maximum absolute atomic E-state index is 11.4. The number of nitrogens with zero attached hydrogens (tertiary/aromatic N) is 1. The molecule has 0 spiro atoms. The van der Waals surface area contributed by atoms with E-state index in [1.165, 1.54) is 0 Å². The van der Waals surface area contributed by atoms with Crippen molar-refractivity contribution in [2.45, 2.75) is 26.2 Å². The Morgan fingerprint density at radius 1 is 1.40 bits per heavy atom. The Bertz CT molecular complexity index is 463. The topological polar surface area (TPSA) is 91.3 Å². The third-order valence-corrected chi connectivity index (χ3v) is 3.04. The highest BCUT2D eigenvalue weighted by Crippen LogP contribution is 2.12. The Kier molecular flexibility index (Phi) is 6.49. The smallest absolute Gasteiger partial charge is 0.303 e. The van der Waals surface area contributed by atoms with Crippen LogP contribution in [0, 0.1) is 5.92 Å². The summed E-state index contributed by atoms with van der Waals surface area (Å²) in [6.45, 7) is 2.77. The molecule has 20 heavy (non-hydrogen) atoms. The largest absolute Gasteiger partial charge is 0.481 e. The van der Waals surface area contributed by atoms with Crippen molar-refractivity contribution in [3.8, 4) is 0 Å². The Labute approximate surface area is 118 Å². The first-order chi connectivity index (χ1) is 9.52. The van der Waals surface area contributed by atoms with Crippen LogP contribution in [-0.4, -0.2) is 35.6 Å². The van der Waals surface area contributed by atoms with Gasteiger partial charge in [0.25, 0.3) is 5.91 Å². The lowest BCUT2D eigenvalue weighted by Gasteiger charge is -2.12. The van der Waals surface area contributed by atoms with Gasteiger partial charge in [-0.15, -0.1) is 0 Å². The number of hydrogen-bond acceptors (Lipinski definition) is 4. The number of carbonyl (C=O) groups is 2. The van der Waals surface area contributed by atoms with E-state index < -0.39 is 5.97 Å². The van der Waals surface area contributed by atoms with E-state index in [1.807, 2.05) is 6.92 Å². The fourth-order valence-corrected chi connectivity index (χ4v) is 1.77. The Hall–Kier alpha value is -2.11. The number of anilines is 1. The maximum Gasteiger partial charge on any atom is 0.303 e. The van der Waals surface area contributed by atoms with E-state index in [1.54, 1.807) is 25.4 Å². The summed E-state index contributed by atoms with van der Waals surface area (Å²) in [5.41, 5.74) is 1.21. The first-order valence-corrected chi connectivity index (χ1v) is 6.66. The molecule has 1 unspecified atom stereocenters. The average Bonchev–Trinajstić information content (AvgIpc) is 2.44. The van der Waals surface area contributed by atoms with Crippen LogP contribution in [0.15, 0.2) is 18.3 Å². The highest BCUT2D eigenvalue weighted by molar-refractivity contribution is 5.92. The van der Waals surface area contributed by atoms with Crippen LogP contribution in [0.2, 0.25) is 0 Å². The molecule has 3 N–H and O–H groups in total. The van der Waals surface area contributed by atoms with E-state index in [-0.39, 0.29) is 12.3 Å². The molecule has 6 heteroatoms. The molecule has 1 heterocycles. The van der Waals surface area contributed by atoms with Gasteiger partial charge in [-0.05, 0) is 30.9 Å². The third kappa shape index (κ3) is 5.69. The lowest BCUT2D eigenvalue weighted by Crippen LogP contribution is -2.19. The number of hydrogen-bond donors (Lipinski definition) is 3. The highest BCUT2D eigenvalue weighted by atomic mass is 16.4. The summed E-state index contributed by atoms with van der Waals surface area (Å²) in [6.07, 6.45) is 3.35. The quantitative estimate of drug-likeness (QED) is 0.674. The van der Waals surface area contributed by atoms with Crippen LogP contribution in [0.3, 0.4) is 0 Å². The number of rotatable bonds is 8. The van der Waals surface area contributed by atoms with Gasteiger partial charge in [0, 0.05) is 31.9 Å². The number of aromatic nitrogens is 1. The molecule has 1 rings (SSSR count). The van der Waals surface area contributed by atoms with E-state index in [2.05, 4.69) is 15.6 Å². The number of carbonyl (C=O) groups excluding carboxylic acids is 1. The molecule has 110 valence electrons. The monoisotopic (exact) mass is 279 g/mol. The van der Waals surface area contributed by atoms with E-state index in [0.717, 1.165) is 18.7 Å². The Balaban J connectivity index is 2.38. The third-order valence-electron chi connectivity index (χ3n) is 3.04. The normalized spacial score (nSPS) is 11.7. The van der Waals surface area contributed by atoms with Crippen LogP contribution in [0.1, 0.15) is 36.7 Å². The van der Waals surface area contributed by atoms with E-state index in [0.29, 0.717) is 18.0 Å². The van der Waals surface area contributed by atoms with Crippen LogP contribution in [0.4, 0.5) is 5.69 Å². The number of amides is 1. The van der Waals surface area contributed by atoms with Gasteiger partial charge < -0.3 is 15.7 Å².